The molecule has 0 amide bonds. The number of carbonyl (C=O) groups excluding carboxylic acids is 1. The number of halogens is 1. The van der Waals surface area contributed by atoms with Crippen LogP contribution in [0.25, 0.3) is 0 Å². The van der Waals surface area contributed by atoms with Crippen LogP contribution in [0.5, 0.6) is 0 Å². The topological polar surface area (TPSA) is 87.9 Å². The van der Waals surface area contributed by atoms with Gasteiger partial charge in [-0.05, 0) is 6.08 Å². The van der Waals surface area contributed by atoms with Gasteiger partial charge in [0.15, 0.2) is 0 Å². The summed E-state index contributed by atoms with van der Waals surface area (Å²) in [6.45, 7) is -0.283. The van der Waals surface area contributed by atoms with E-state index in [2.05, 4.69) is 4.74 Å². The van der Waals surface area contributed by atoms with Gasteiger partial charge < -0.3 is 14.2 Å². The molecule has 0 N–H and O–H groups in total. The quantitative estimate of drug-likeness (QED) is 0.329. The molecule has 0 fully saturated rings. The molecule has 7 nitrogen and oxygen atoms in total. The van der Waals surface area contributed by atoms with Crippen molar-refractivity contribution in [3.63, 3.8) is 0 Å². The van der Waals surface area contributed by atoms with Gasteiger partial charge in [0.1, 0.15) is 12.5 Å². The van der Waals surface area contributed by atoms with E-state index >= 15 is 0 Å². The highest BCUT2D eigenvalue weighted by molar-refractivity contribution is 6.61. The molecule has 0 saturated heterocycles. The van der Waals surface area contributed by atoms with Crippen LogP contribution >= 0.6 is 11.6 Å². The van der Waals surface area contributed by atoms with Crippen molar-refractivity contribution in [1.29, 1.82) is 0 Å². The molecule has 0 saturated carbocycles. The summed E-state index contributed by atoms with van der Waals surface area (Å²) in [7, 11) is 2.48. The van der Waals surface area contributed by atoms with Crippen LogP contribution in [0.1, 0.15) is 0 Å². The van der Waals surface area contributed by atoms with E-state index in [9.17, 15) is 14.9 Å². The van der Waals surface area contributed by atoms with Gasteiger partial charge in [-0.25, -0.2) is 4.79 Å². The van der Waals surface area contributed by atoms with Gasteiger partial charge in [-0.1, -0.05) is 12.2 Å². The molecular weight excluding hydrogens is 266 g/mol. The minimum absolute atomic E-state index is 0.0214. The molecule has 2 unspecified atom stereocenters. The van der Waals surface area contributed by atoms with Gasteiger partial charge in [0.2, 0.25) is 5.76 Å². The number of ether oxygens (including phenoxy) is 3. The van der Waals surface area contributed by atoms with Crippen molar-refractivity contribution in [2.24, 2.45) is 5.92 Å². The normalized spacial score (nSPS) is 26.4. The lowest BCUT2D eigenvalue weighted by Crippen LogP contribution is -2.51. The van der Waals surface area contributed by atoms with Gasteiger partial charge in [0.05, 0.1) is 12.0 Å². The molecule has 0 radical (unpaired) electrons. The zero-order valence-electron chi connectivity index (χ0n) is 9.79. The monoisotopic (exact) mass is 277 g/mol. The van der Waals surface area contributed by atoms with Crippen LogP contribution in [0.4, 0.5) is 4.79 Å². The first-order valence-corrected chi connectivity index (χ1v) is 5.31. The van der Waals surface area contributed by atoms with Gasteiger partial charge in [-0.15, -0.1) is 0 Å². The molecule has 1 rings (SSSR count). The van der Waals surface area contributed by atoms with Gasteiger partial charge in [0.25, 0.3) is 0 Å². The highest BCUT2D eigenvalue weighted by Gasteiger charge is 2.57. The second-order valence-corrected chi connectivity index (χ2v) is 3.74. The number of nitrogens with zero attached hydrogens (tertiary/aromatic N) is 1. The Labute approximate surface area is 108 Å². The average Bonchev–Trinajstić information content (AvgIpc) is 2.34. The number of hydrogen-bond donors (Lipinski definition) is 0. The molecule has 18 heavy (non-hydrogen) atoms. The molecular formula is C10H12ClNO6. The molecule has 0 bridgehead atoms. The lowest BCUT2D eigenvalue weighted by atomic mass is 9.90. The van der Waals surface area contributed by atoms with Crippen LogP contribution < -0.4 is 0 Å². The number of hydrogen-bond acceptors (Lipinski definition) is 6. The first-order valence-electron chi connectivity index (χ1n) is 4.94. The highest BCUT2D eigenvalue weighted by atomic mass is 35.5. The first kappa shape index (κ1) is 14.5. The van der Waals surface area contributed by atoms with E-state index in [-0.39, 0.29) is 12.4 Å². The SMILES string of the molecule is COC1=CC=CC(COC(=O)Cl)C1(OC)[N+](=O)[O-]. The van der Waals surface area contributed by atoms with Gasteiger partial charge in [0, 0.05) is 18.7 Å². The summed E-state index contributed by atoms with van der Waals surface area (Å²) in [5.74, 6) is -0.812. The van der Waals surface area contributed by atoms with E-state index in [4.69, 9.17) is 21.1 Å². The van der Waals surface area contributed by atoms with E-state index in [1.165, 1.54) is 26.4 Å². The molecule has 1 aliphatic rings. The van der Waals surface area contributed by atoms with E-state index in [0.29, 0.717) is 0 Å². The van der Waals surface area contributed by atoms with Gasteiger partial charge in [-0.3, -0.25) is 10.1 Å². The summed E-state index contributed by atoms with van der Waals surface area (Å²) < 4.78 is 14.6. The second-order valence-electron chi connectivity index (χ2n) is 3.43. The summed E-state index contributed by atoms with van der Waals surface area (Å²) >= 11 is 5.04. The van der Waals surface area contributed by atoms with Crippen LogP contribution in [0, 0.1) is 16.0 Å². The largest absolute Gasteiger partial charge is 0.492 e. The third-order valence-electron chi connectivity index (χ3n) is 2.63. The zero-order valence-corrected chi connectivity index (χ0v) is 10.5. The maximum Gasteiger partial charge on any atom is 0.403 e. The first-order chi connectivity index (χ1) is 8.48. The standard InChI is InChI=1S/C10H12ClNO6/c1-16-8-5-3-4-7(6-18-9(11)13)10(8,17-2)12(14)15/h3-5,7H,6H2,1-2H3. The van der Waals surface area contributed by atoms with Crippen molar-refractivity contribution in [2.75, 3.05) is 20.8 Å². The number of nitro groups is 1. The Balaban J connectivity index is 3.08. The fourth-order valence-corrected chi connectivity index (χ4v) is 1.86. The van der Waals surface area contributed by atoms with Crippen molar-refractivity contribution < 1.29 is 23.9 Å². The molecule has 0 heterocycles. The summed E-state index contributed by atoms with van der Waals surface area (Å²) in [4.78, 5) is 21.2. The summed E-state index contributed by atoms with van der Waals surface area (Å²) in [6.07, 6.45) is 4.48. The van der Waals surface area contributed by atoms with Crippen LogP contribution in [-0.4, -0.2) is 36.9 Å². The summed E-state index contributed by atoms with van der Waals surface area (Å²) in [6, 6.07) is 0. The third kappa shape index (κ3) is 2.46. The minimum atomic E-state index is -1.92. The number of carbonyl (C=O) groups is 1. The Morgan fingerprint density at radius 3 is 2.72 bits per heavy atom. The minimum Gasteiger partial charge on any atom is -0.492 e. The highest BCUT2D eigenvalue weighted by Crippen LogP contribution is 2.35. The fraction of sp³-hybridized carbons (Fsp3) is 0.500. The summed E-state index contributed by atoms with van der Waals surface area (Å²) in [5.41, 5.74) is -2.96. The Hall–Kier alpha value is -1.60. The maximum absolute atomic E-state index is 11.3. The second kappa shape index (κ2) is 5.83. The molecule has 100 valence electrons. The molecule has 0 aromatic carbocycles. The third-order valence-corrected chi connectivity index (χ3v) is 2.73. The zero-order chi connectivity index (χ0) is 13.8. The Bertz CT molecular complexity index is 407. The van der Waals surface area contributed by atoms with E-state index in [1.807, 2.05) is 0 Å². The molecule has 2 atom stereocenters. The van der Waals surface area contributed by atoms with Crippen molar-refractivity contribution >= 4 is 17.0 Å². The molecule has 0 aromatic rings. The van der Waals surface area contributed by atoms with Crippen LogP contribution in [-0.2, 0) is 14.2 Å². The maximum atomic E-state index is 11.3. The van der Waals surface area contributed by atoms with Crippen LogP contribution in [0.2, 0.25) is 0 Å². The van der Waals surface area contributed by atoms with Gasteiger partial charge >= 0.3 is 11.2 Å². The lowest BCUT2D eigenvalue weighted by molar-refractivity contribution is -0.629. The molecule has 0 aromatic heterocycles. The average molecular weight is 278 g/mol. The number of rotatable bonds is 5. The Morgan fingerprint density at radius 1 is 1.61 bits per heavy atom. The molecule has 0 aliphatic heterocycles. The lowest BCUT2D eigenvalue weighted by Gasteiger charge is -2.31. The predicted molar refractivity (Wildman–Crippen MR) is 61.7 cm³/mol. The number of allylic oxidation sites excluding steroid dienone is 2. The van der Waals surface area contributed by atoms with Crippen molar-refractivity contribution in [2.45, 2.75) is 5.72 Å². The van der Waals surface area contributed by atoms with Gasteiger partial charge in [-0.2, -0.15) is 0 Å². The van der Waals surface area contributed by atoms with Crippen molar-refractivity contribution in [3.8, 4) is 0 Å². The Morgan fingerprint density at radius 2 is 2.28 bits per heavy atom. The molecule has 8 heteroatoms. The fourth-order valence-electron chi connectivity index (χ4n) is 1.80. The van der Waals surface area contributed by atoms with E-state index in [1.54, 1.807) is 6.08 Å². The van der Waals surface area contributed by atoms with Crippen LogP contribution in [0.3, 0.4) is 0 Å². The summed E-state index contributed by atoms with van der Waals surface area (Å²) in [5, 5.41) is 11.3. The Kier molecular flexibility index (Phi) is 4.69. The van der Waals surface area contributed by atoms with Crippen molar-refractivity contribution in [1.82, 2.24) is 0 Å². The predicted octanol–water partition coefficient (Wildman–Crippen LogP) is 1.70. The molecule has 1 aliphatic carbocycles. The smallest absolute Gasteiger partial charge is 0.403 e. The van der Waals surface area contributed by atoms with E-state index < -0.39 is 22.0 Å². The molecule has 0 spiro atoms. The van der Waals surface area contributed by atoms with Crippen molar-refractivity contribution in [3.05, 3.63) is 34.1 Å². The number of methoxy groups -OCH3 is 2. The van der Waals surface area contributed by atoms with Crippen LogP contribution in [0.15, 0.2) is 24.0 Å². The van der Waals surface area contributed by atoms with E-state index in [0.717, 1.165) is 0 Å².